The molecular formula is C13H20O. The van der Waals surface area contributed by atoms with E-state index in [1.165, 1.54) is 11.1 Å². The Morgan fingerprint density at radius 1 is 1.29 bits per heavy atom. The molecule has 0 aromatic heterocycles. The minimum Gasteiger partial charge on any atom is -0.299 e. The van der Waals surface area contributed by atoms with Gasteiger partial charge in [-0.3, -0.25) is 4.79 Å². The first-order chi connectivity index (χ1) is 6.59. The molecule has 14 heavy (non-hydrogen) atoms. The van der Waals surface area contributed by atoms with Crippen molar-refractivity contribution in [3.05, 3.63) is 23.3 Å². The Labute approximate surface area is 86.9 Å². The van der Waals surface area contributed by atoms with Crippen molar-refractivity contribution in [1.29, 1.82) is 0 Å². The summed E-state index contributed by atoms with van der Waals surface area (Å²) in [7, 11) is 0. The minimum absolute atomic E-state index is 0.367. The first-order valence-electron chi connectivity index (χ1n) is 5.43. The summed E-state index contributed by atoms with van der Waals surface area (Å²) in [4.78, 5) is 11.5. The highest BCUT2D eigenvalue weighted by atomic mass is 16.1. The third kappa shape index (κ3) is 3.49. The van der Waals surface area contributed by atoms with E-state index in [-0.39, 0.29) is 0 Å². The van der Waals surface area contributed by atoms with Gasteiger partial charge in [-0.05, 0) is 32.6 Å². The minimum atomic E-state index is 0.367. The molecule has 0 aromatic rings. The molecule has 1 nitrogen and oxygen atoms in total. The summed E-state index contributed by atoms with van der Waals surface area (Å²) in [6.45, 7) is 6.39. The van der Waals surface area contributed by atoms with Crippen molar-refractivity contribution < 1.29 is 4.79 Å². The van der Waals surface area contributed by atoms with Crippen molar-refractivity contribution in [2.75, 3.05) is 0 Å². The van der Waals surface area contributed by atoms with Crippen LogP contribution >= 0.6 is 0 Å². The molecule has 0 aromatic carbocycles. The van der Waals surface area contributed by atoms with Gasteiger partial charge in [-0.15, -0.1) is 0 Å². The number of allylic oxidation sites excluding steroid dienone is 4. The van der Waals surface area contributed by atoms with E-state index in [2.05, 4.69) is 32.9 Å². The molecule has 0 saturated heterocycles. The molecule has 1 aliphatic rings. The number of hydrogen-bond acceptors (Lipinski definition) is 1. The fourth-order valence-corrected chi connectivity index (χ4v) is 1.70. The predicted octanol–water partition coefficient (Wildman–Crippen LogP) is 3.66. The summed E-state index contributed by atoms with van der Waals surface area (Å²) in [6, 6.07) is 0. The lowest BCUT2D eigenvalue weighted by Gasteiger charge is -2.12. The fourth-order valence-electron chi connectivity index (χ4n) is 1.70. The number of hydrogen-bond donors (Lipinski definition) is 0. The number of ketones is 1. The van der Waals surface area contributed by atoms with Crippen LogP contribution in [0.25, 0.3) is 0 Å². The summed E-state index contributed by atoms with van der Waals surface area (Å²) in [6.07, 6.45) is 7.91. The predicted molar refractivity (Wildman–Crippen MR) is 60.2 cm³/mol. The van der Waals surface area contributed by atoms with Crippen LogP contribution in [0.2, 0.25) is 0 Å². The molecule has 0 spiro atoms. The second-order valence-electron chi connectivity index (χ2n) is 4.39. The molecule has 0 N–H and O–H groups in total. The fraction of sp³-hybridized carbons (Fsp3) is 0.615. The van der Waals surface area contributed by atoms with Gasteiger partial charge in [0.05, 0.1) is 0 Å². The van der Waals surface area contributed by atoms with Crippen LogP contribution in [0.3, 0.4) is 0 Å². The second kappa shape index (κ2) is 5.14. The zero-order chi connectivity index (χ0) is 10.6. The van der Waals surface area contributed by atoms with E-state index in [0.29, 0.717) is 24.5 Å². The van der Waals surface area contributed by atoms with Gasteiger partial charge >= 0.3 is 0 Å². The molecule has 1 heteroatoms. The number of Topliss-reactive ketones (excluding diaryl/α,β-unsaturated/α-hetero) is 1. The molecule has 1 aliphatic carbocycles. The zero-order valence-corrected chi connectivity index (χ0v) is 9.47. The molecule has 0 aliphatic heterocycles. The lowest BCUT2D eigenvalue weighted by atomic mass is 9.92. The Morgan fingerprint density at radius 3 is 2.71 bits per heavy atom. The van der Waals surface area contributed by atoms with Gasteiger partial charge in [0.15, 0.2) is 0 Å². The van der Waals surface area contributed by atoms with Gasteiger partial charge in [0.1, 0.15) is 5.78 Å². The van der Waals surface area contributed by atoms with E-state index in [0.717, 1.165) is 12.8 Å². The first kappa shape index (κ1) is 11.2. The van der Waals surface area contributed by atoms with Crippen LogP contribution < -0.4 is 0 Å². The van der Waals surface area contributed by atoms with E-state index in [1.54, 1.807) is 0 Å². The van der Waals surface area contributed by atoms with Crippen LogP contribution in [0.5, 0.6) is 0 Å². The molecule has 0 fully saturated rings. The molecule has 1 rings (SSSR count). The molecule has 0 radical (unpaired) electrons. The van der Waals surface area contributed by atoms with Gasteiger partial charge in [-0.1, -0.05) is 30.2 Å². The Kier molecular flexibility index (Phi) is 4.12. The van der Waals surface area contributed by atoms with E-state index in [9.17, 15) is 4.79 Å². The van der Waals surface area contributed by atoms with Gasteiger partial charge < -0.3 is 0 Å². The summed E-state index contributed by atoms with van der Waals surface area (Å²) in [5, 5.41) is 0. The van der Waals surface area contributed by atoms with Gasteiger partial charge in [0, 0.05) is 12.8 Å². The molecular weight excluding hydrogens is 172 g/mol. The highest BCUT2D eigenvalue weighted by Gasteiger charge is 2.10. The highest BCUT2D eigenvalue weighted by molar-refractivity contribution is 5.80. The largest absolute Gasteiger partial charge is 0.299 e. The highest BCUT2D eigenvalue weighted by Crippen LogP contribution is 2.19. The lowest BCUT2D eigenvalue weighted by molar-refractivity contribution is -0.118. The van der Waals surface area contributed by atoms with Crippen LogP contribution in [0.15, 0.2) is 23.3 Å². The van der Waals surface area contributed by atoms with E-state index >= 15 is 0 Å². The molecule has 78 valence electrons. The SMILES string of the molecule is C/C1=C\CC(=O)C[C@H](C)/C(C)=C/CC1. The summed E-state index contributed by atoms with van der Waals surface area (Å²) in [5.74, 6) is 0.792. The van der Waals surface area contributed by atoms with E-state index in [4.69, 9.17) is 0 Å². The van der Waals surface area contributed by atoms with Crippen LogP contribution in [0, 0.1) is 5.92 Å². The standard InChI is InChI=1S/C13H20O/c1-10-5-4-6-11(2)12(3)9-13(14)8-7-10/h6-7,12H,4-5,8-9H2,1-3H3/b10-7+,11-6+/t12-/m0/s1. The first-order valence-corrected chi connectivity index (χ1v) is 5.43. The lowest BCUT2D eigenvalue weighted by Crippen LogP contribution is -2.06. The van der Waals surface area contributed by atoms with Crippen LogP contribution in [-0.2, 0) is 4.79 Å². The number of carbonyl (C=O) groups excluding carboxylic acids is 1. The van der Waals surface area contributed by atoms with Crippen molar-refractivity contribution in [3.8, 4) is 0 Å². The zero-order valence-electron chi connectivity index (χ0n) is 9.47. The van der Waals surface area contributed by atoms with Crippen LogP contribution in [-0.4, -0.2) is 5.78 Å². The Balaban J connectivity index is 2.72. The Hall–Kier alpha value is -0.850. The topological polar surface area (TPSA) is 17.1 Å². The molecule has 0 saturated carbocycles. The Morgan fingerprint density at radius 2 is 2.00 bits per heavy atom. The summed E-state index contributed by atoms with van der Waals surface area (Å²) in [5.41, 5.74) is 2.71. The van der Waals surface area contributed by atoms with E-state index < -0.39 is 0 Å². The molecule has 0 bridgehead atoms. The van der Waals surface area contributed by atoms with Crippen molar-refractivity contribution >= 4 is 5.78 Å². The average Bonchev–Trinajstić information content (AvgIpc) is 2.13. The smallest absolute Gasteiger partial charge is 0.137 e. The molecule has 0 unspecified atom stereocenters. The maximum absolute atomic E-state index is 11.5. The van der Waals surface area contributed by atoms with Crippen molar-refractivity contribution in [2.24, 2.45) is 5.92 Å². The summed E-state index contributed by atoms with van der Waals surface area (Å²) >= 11 is 0. The van der Waals surface area contributed by atoms with Crippen molar-refractivity contribution in [1.82, 2.24) is 0 Å². The molecule has 0 heterocycles. The number of rotatable bonds is 0. The van der Waals surface area contributed by atoms with Crippen LogP contribution in [0.4, 0.5) is 0 Å². The third-order valence-corrected chi connectivity index (χ3v) is 2.99. The van der Waals surface area contributed by atoms with Crippen molar-refractivity contribution in [3.63, 3.8) is 0 Å². The van der Waals surface area contributed by atoms with Gasteiger partial charge in [0.25, 0.3) is 0 Å². The normalized spacial score (nSPS) is 32.8. The molecule has 0 amide bonds. The quantitative estimate of drug-likeness (QED) is 0.535. The third-order valence-electron chi connectivity index (χ3n) is 2.99. The van der Waals surface area contributed by atoms with Crippen molar-refractivity contribution in [2.45, 2.75) is 46.5 Å². The maximum atomic E-state index is 11.5. The average molecular weight is 192 g/mol. The summed E-state index contributed by atoms with van der Waals surface area (Å²) < 4.78 is 0. The monoisotopic (exact) mass is 192 g/mol. The molecule has 1 atom stereocenters. The number of carbonyl (C=O) groups is 1. The maximum Gasteiger partial charge on any atom is 0.137 e. The van der Waals surface area contributed by atoms with Crippen LogP contribution in [0.1, 0.15) is 46.5 Å². The van der Waals surface area contributed by atoms with E-state index in [1.807, 2.05) is 0 Å². The van der Waals surface area contributed by atoms with Gasteiger partial charge in [0.2, 0.25) is 0 Å². The second-order valence-corrected chi connectivity index (χ2v) is 4.39. The van der Waals surface area contributed by atoms with Gasteiger partial charge in [-0.2, -0.15) is 0 Å². The van der Waals surface area contributed by atoms with Gasteiger partial charge in [-0.25, -0.2) is 0 Å². The Bertz CT molecular complexity index is 271.